The molecule has 2 aliphatic heterocycles. The number of anilines is 1. The Kier molecular flexibility index (Phi) is 9.60. The Balaban J connectivity index is 1.32. The number of nitrogens with zero attached hydrogens (tertiary/aromatic N) is 3. The summed E-state index contributed by atoms with van der Waals surface area (Å²) in [5, 5.41) is 10.9. The molecule has 0 bridgehead atoms. The molecule has 2 saturated heterocycles. The number of aryl methyl sites for hydroxylation is 1. The highest BCUT2D eigenvalue weighted by Gasteiger charge is 2.62. The van der Waals surface area contributed by atoms with Crippen molar-refractivity contribution in [3.63, 3.8) is 0 Å². The molecule has 2 amide bonds. The summed E-state index contributed by atoms with van der Waals surface area (Å²) in [6, 6.07) is 11.6. The number of aliphatic hydroxyl groups is 1. The van der Waals surface area contributed by atoms with E-state index in [1.165, 1.54) is 23.1 Å². The van der Waals surface area contributed by atoms with Crippen LogP contribution in [0.1, 0.15) is 78.9 Å². The molecule has 0 aromatic heterocycles. The van der Waals surface area contributed by atoms with Gasteiger partial charge >= 0.3 is 6.18 Å². The van der Waals surface area contributed by atoms with Crippen molar-refractivity contribution in [3.05, 3.63) is 64.7 Å². The molecule has 2 aromatic carbocycles. The number of carbonyl (C=O) groups is 2. The van der Waals surface area contributed by atoms with E-state index in [0.29, 0.717) is 35.8 Å². The van der Waals surface area contributed by atoms with Gasteiger partial charge in [0, 0.05) is 57.1 Å². The van der Waals surface area contributed by atoms with Gasteiger partial charge in [0.25, 0.3) is 17.4 Å². The highest BCUT2D eigenvalue weighted by Crippen LogP contribution is 2.42. The molecule has 4 rings (SSSR count). The molecule has 2 aromatic rings. The molecule has 2 aliphatic rings. The number of amides is 2. The van der Waals surface area contributed by atoms with Crippen molar-refractivity contribution in [1.29, 1.82) is 0 Å². The lowest BCUT2D eigenvalue weighted by Gasteiger charge is -2.40. The van der Waals surface area contributed by atoms with Gasteiger partial charge in [-0.05, 0) is 86.1 Å². The summed E-state index contributed by atoms with van der Waals surface area (Å²) < 4.78 is 42.8. The van der Waals surface area contributed by atoms with Gasteiger partial charge in [-0.1, -0.05) is 38.1 Å². The van der Waals surface area contributed by atoms with Crippen LogP contribution in [0.4, 0.5) is 18.9 Å². The van der Waals surface area contributed by atoms with Crippen LogP contribution < -0.4 is 4.90 Å². The molecule has 42 heavy (non-hydrogen) atoms. The first-order chi connectivity index (χ1) is 19.7. The largest absolute Gasteiger partial charge is 0.430 e. The molecule has 0 saturated carbocycles. The summed E-state index contributed by atoms with van der Waals surface area (Å²) in [7, 11) is 3.49. The van der Waals surface area contributed by atoms with Gasteiger partial charge in [-0.25, -0.2) is 0 Å². The second kappa shape index (κ2) is 12.7. The van der Waals surface area contributed by atoms with Gasteiger partial charge in [0.05, 0.1) is 0 Å². The van der Waals surface area contributed by atoms with Gasteiger partial charge in [0.2, 0.25) is 0 Å². The molecule has 0 spiro atoms. The van der Waals surface area contributed by atoms with E-state index < -0.39 is 23.2 Å². The standard InChI is InChI=1S/C33H44F3N3O3/c1-22(2)26-7-6-8-27(21-26)32(42,33(34,35)36)31(41)39-17-13-25(14-18-39)20-24-11-15-38(16-12-24)28-9-10-29(23(3)19-28)30(40)37(4)5/h6-10,19,21-22,24-25,42H,11-18,20H2,1-5H3/t32-/m1/s1. The van der Waals surface area contributed by atoms with Crippen LogP contribution in [0.2, 0.25) is 0 Å². The summed E-state index contributed by atoms with van der Waals surface area (Å²) in [6.07, 6.45) is -0.831. The second-order valence-electron chi connectivity index (χ2n) is 12.6. The monoisotopic (exact) mass is 587 g/mol. The van der Waals surface area contributed by atoms with Crippen molar-refractivity contribution >= 4 is 17.5 Å². The Morgan fingerprint density at radius 3 is 2.07 bits per heavy atom. The molecule has 0 unspecified atom stereocenters. The fraction of sp³-hybridized carbons (Fsp3) is 0.576. The third-order valence-electron chi connectivity index (χ3n) is 9.09. The third-order valence-corrected chi connectivity index (χ3v) is 9.09. The van der Waals surface area contributed by atoms with Crippen molar-refractivity contribution < 1.29 is 27.9 Å². The minimum Gasteiger partial charge on any atom is -0.372 e. The average Bonchev–Trinajstić information content (AvgIpc) is 2.96. The zero-order valence-corrected chi connectivity index (χ0v) is 25.4. The van der Waals surface area contributed by atoms with Crippen LogP contribution in [0.15, 0.2) is 42.5 Å². The normalized spacial score (nSPS) is 18.7. The first-order valence-electron chi connectivity index (χ1n) is 15.0. The van der Waals surface area contributed by atoms with E-state index in [4.69, 9.17) is 0 Å². The Bertz CT molecular complexity index is 1260. The number of likely N-dealkylation sites (tertiary alicyclic amines) is 1. The zero-order chi connectivity index (χ0) is 30.8. The van der Waals surface area contributed by atoms with Gasteiger partial charge in [0.1, 0.15) is 0 Å². The lowest BCUT2D eigenvalue weighted by Crippen LogP contribution is -2.57. The number of rotatable bonds is 7. The maximum Gasteiger partial charge on any atom is 0.430 e. The van der Waals surface area contributed by atoms with Gasteiger partial charge in [-0.3, -0.25) is 9.59 Å². The Morgan fingerprint density at radius 2 is 1.55 bits per heavy atom. The summed E-state index contributed by atoms with van der Waals surface area (Å²) in [5.74, 6) is -0.462. The number of halogens is 3. The van der Waals surface area contributed by atoms with E-state index in [1.807, 2.05) is 32.9 Å². The minimum atomic E-state index is -5.13. The third kappa shape index (κ3) is 6.61. The van der Waals surface area contributed by atoms with E-state index in [2.05, 4.69) is 11.0 Å². The Hall–Kier alpha value is -3.07. The topological polar surface area (TPSA) is 64.1 Å². The molecule has 1 atom stereocenters. The van der Waals surface area contributed by atoms with E-state index in [-0.39, 0.29) is 24.9 Å². The van der Waals surface area contributed by atoms with Crippen LogP contribution in [0, 0.1) is 18.8 Å². The number of hydrogen-bond acceptors (Lipinski definition) is 4. The molecular weight excluding hydrogens is 543 g/mol. The van der Waals surface area contributed by atoms with Crippen LogP contribution in [0.25, 0.3) is 0 Å². The van der Waals surface area contributed by atoms with Crippen LogP contribution >= 0.6 is 0 Å². The first kappa shape index (κ1) is 31.9. The average molecular weight is 588 g/mol. The Labute approximate surface area is 247 Å². The molecule has 0 aliphatic carbocycles. The number of piperidine rings is 2. The summed E-state index contributed by atoms with van der Waals surface area (Å²) in [4.78, 5) is 30.7. The number of benzene rings is 2. The lowest BCUT2D eigenvalue weighted by atomic mass is 9.82. The number of carbonyl (C=O) groups excluding carboxylic acids is 2. The van der Waals surface area contributed by atoms with Crippen molar-refractivity contribution in [3.8, 4) is 0 Å². The second-order valence-corrected chi connectivity index (χ2v) is 12.6. The van der Waals surface area contributed by atoms with Gasteiger partial charge in [-0.15, -0.1) is 0 Å². The number of alkyl halides is 3. The first-order valence-corrected chi connectivity index (χ1v) is 15.0. The lowest BCUT2D eigenvalue weighted by molar-refractivity contribution is -0.262. The van der Waals surface area contributed by atoms with Gasteiger partial charge < -0.3 is 19.8 Å². The summed E-state index contributed by atoms with van der Waals surface area (Å²) in [6.45, 7) is 7.92. The van der Waals surface area contributed by atoms with Crippen molar-refractivity contribution in [2.75, 3.05) is 45.2 Å². The predicted molar refractivity (Wildman–Crippen MR) is 159 cm³/mol. The van der Waals surface area contributed by atoms with Crippen LogP contribution in [0.3, 0.4) is 0 Å². The maximum absolute atomic E-state index is 14.3. The molecular formula is C33H44F3N3O3. The number of hydrogen-bond donors (Lipinski definition) is 1. The molecule has 6 nitrogen and oxygen atoms in total. The van der Waals surface area contributed by atoms with Crippen LogP contribution in [0.5, 0.6) is 0 Å². The molecule has 9 heteroatoms. The Morgan fingerprint density at radius 1 is 0.952 bits per heavy atom. The smallest absolute Gasteiger partial charge is 0.372 e. The van der Waals surface area contributed by atoms with E-state index in [1.54, 1.807) is 25.1 Å². The fourth-order valence-corrected chi connectivity index (χ4v) is 6.36. The molecule has 2 heterocycles. The van der Waals surface area contributed by atoms with Gasteiger partial charge in [-0.2, -0.15) is 13.2 Å². The highest BCUT2D eigenvalue weighted by molar-refractivity contribution is 5.95. The van der Waals surface area contributed by atoms with Crippen molar-refractivity contribution in [2.24, 2.45) is 11.8 Å². The van der Waals surface area contributed by atoms with E-state index in [0.717, 1.165) is 43.6 Å². The summed E-state index contributed by atoms with van der Waals surface area (Å²) >= 11 is 0. The molecule has 1 N–H and O–H groups in total. The van der Waals surface area contributed by atoms with E-state index in [9.17, 15) is 27.9 Å². The van der Waals surface area contributed by atoms with Crippen molar-refractivity contribution in [1.82, 2.24) is 9.80 Å². The van der Waals surface area contributed by atoms with E-state index >= 15 is 0 Å². The van der Waals surface area contributed by atoms with Gasteiger partial charge in [0.15, 0.2) is 0 Å². The fourth-order valence-electron chi connectivity index (χ4n) is 6.36. The van der Waals surface area contributed by atoms with Crippen LogP contribution in [-0.4, -0.2) is 73.2 Å². The molecule has 2 fully saturated rings. The highest BCUT2D eigenvalue weighted by atomic mass is 19.4. The SMILES string of the molecule is Cc1cc(N2CCC(CC3CCN(C(=O)[C@](O)(c4cccc(C(C)C)c4)C(F)(F)F)CC3)CC2)ccc1C(=O)N(C)C. The van der Waals surface area contributed by atoms with Crippen LogP contribution in [-0.2, 0) is 10.4 Å². The zero-order valence-electron chi connectivity index (χ0n) is 25.4. The molecule has 0 radical (unpaired) electrons. The predicted octanol–water partition coefficient (Wildman–Crippen LogP) is 6.12. The molecule has 230 valence electrons. The van der Waals surface area contributed by atoms with Crippen molar-refractivity contribution in [2.45, 2.75) is 70.6 Å². The minimum absolute atomic E-state index is 0.00563. The summed E-state index contributed by atoms with van der Waals surface area (Å²) in [5.41, 5.74) is -0.563. The maximum atomic E-state index is 14.3. The quantitative estimate of drug-likeness (QED) is 0.424.